The number of methoxy groups -OCH3 is 2. The highest BCUT2D eigenvalue weighted by Crippen LogP contribution is 2.34. The number of ether oxygens (including phenoxy) is 3. The highest BCUT2D eigenvalue weighted by atomic mass is 16.5. The van der Waals surface area contributed by atoms with E-state index in [1.54, 1.807) is 21.1 Å². The summed E-state index contributed by atoms with van der Waals surface area (Å²) in [6, 6.07) is 3.83. The molecule has 0 spiro atoms. The Hall–Kier alpha value is -2.17. The molecular formula is C15H19NO4. The summed E-state index contributed by atoms with van der Waals surface area (Å²) in [5, 5.41) is 3.22. The van der Waals surface area contributed by atoms with Gasteiger partial charge in [-0.2, -0.15) is 0 Å². The van der Waals surface area contributed by atoms with Crippen molar-refractivity contribution in [1.82, 2.24) is 5.32 Å². The first-order valence-corrected chi connectivity index (χ1v) is 6.57. The van der Waals surface area contributed by atoms with Crippen molar-refractivity contribution in [3.63, 3.8) is 0 Å². The summed E-state index contributed by atoms with van der Waals surface area (Å²) in [4.78, 5) is 11.6. The van der Waals surface area contributed by atoms with Crippen molar-refractivity contribution < 1.29 is 19.0 Å². The molecule has 1 aromatic rings. The molecule has 0 aliphatic carbocycles. The second kappa shape index (κ2) is 6.32. The molecular weight excluding hydrogens is 258 g/mol. The van der Waals surface area contributed by atoms with Crippen molar-refractivity contribution in [3.8, 4) is 11.5 Å². The topological polar surface area (TPSA) is 56.8 Å². The van der Waals surface area contributed by atoms with E-state index in [1.807, 2.05) is 12.1 Å². The van der Waals surface area contributed by atoms with Crippen LogP contribution in [0, 0.1) is 0 Å². The molecule has 1 N–H and O–H groups in total. The smallest absolute Gasteiger partial charge is 0.332 e. The summed E-state index contributed by atoms with van der Waals surface area (Å²) in [6.45, 7) is 2.92. The number of nitrogens with one attached hydrogen (secondary N) is 1. The van der Waals surface area contributed by atoms with Crippen LogP contribution in [0.1, 0.15) is 18.1 Å². The second-order valence-electron chi connectivity index (χ2n) is 4.35. The first-order valence-electron chi connectivity index (χ1n) is 6.57. The van der Waals surface area contributed by atoms with E-state index in [-0.39, 0.29) is 5.97 Å². The second-order valence-corrected chi connectivity index (χ2v) is 4.35. The average molecular weight is 277 g/mol. The minimum atomic E-state index is -0.349. The van der Waals surface area contributed by atoms with Crippen molar-refractivity contribution >= 4 is 11.7 Å². The minimum absolute atomic E-state index is 0.349. The van der Waals surface area contributed by atoms with Gasteiger partial charge in [-0.1, -0.05) is 0 Å². The summed E-state index contributed by atoms with van der Waals surface area (Å²) >= 11 is 0. The Bertz CT molecular complexity index is 537. The molecule has 1 aliphatic heterocycles. The van der Waals surface area contributed by atoms with E-state index in [4.69, 9.17) is 14.2 Å². The number of carbonyl (C=O) groups excluding carboxylic acids is 1. The Labute approximate surface area is 118 Å². The van der Waals surface area contributed by atoms with Gasteiger partial charge in [-0.15, -0.1) is 0 Å². The molecule has 5 nitrogen and oxygen atoms in total. The minimum Gasteiger partial charge on any atom is -0.493 e. The zero-order chi connectivity index (χ0) is 14.5. The van der Waals surface area contributed by atoms with Crippen LogP contribution < -0.4 is 14.8 Å². The Balaban J connectivity index is 2.42. The van der Waals surface area contributed by atoms with E-state index in [0.717, 1.165) is 29.8 Å². The van der Waals surface area contributed by atoms with Crippen molar-refractivity contribution in [2.24, 2.45) is 0 Å². The molecule has 0 saturated heterocycles. The number of hydrogen-bond donors (Lipinski definition) is 1. The molecule has 0 saturated carbocycles. The number of carbonyl (C=O) groups is 1. The van der Waals surface area contributed by atoms with Crippen molar-refractivity contribution in [1.29, 1.82) is 0 Å². The van der Waals surface area contributed by atoms with Crippen LogP contribution in [0.5, 0.6) is 11.5 Å². The van der Waals surface area contributed by atoms with Crippen LogP contribution in [0.3, 0.4) is 0 Å². The van der Waals surface area contributed by atoms with Crippen LogP contribution in [0.15, 0.2) is 18.2 Å². The third-order valence-corrected chi connectivity index (χ3v) is 3.16. The number of benzene rings is 1. The van der Waals surface area contributed by atoms with Gasteiger partial charge in [0.15, 0.2) is 11.5 Å². The third kappa shape index (κ3) is 2.87. The molecule has 0 aromatic heterocycles. The first-order chi connectivity index (χ1) is 9.69. The highest BCUT2D eigenvalue weighted by molar-refractivity contribution is 5.92. The van der Waals surface area contributed by atoms with Gasteiger partial charge in [-0.05, 0) is 31.0 Å². The standard InChI is InChI=1S/C15H19NO4/c1-4-20-15(17)9-12-11-8-14(19-3)13(18-2)7-10(11)5-6-16-12/h7-9,16H,4-6H2,1-3H3. The fraction of sp³-hybridized carbons (Fsp3) is 0.400. The van der Waals surface area contributed by atoms with Gasteiger partial charge in [0.2, 0.25) is 0 Å². The van der Waals surface area contributed by atoms with E-state index in [2.05, 4.69) is 5.32 Å². The van der Waals surface area contributed by atoms with Crippen LogP contribution >= 0.6 is 0 Å². The maximum Gasteiger partial charge on any atom is 0.332 e. The predicted molar refractivity (Wildman–Crippen MR) is 75.9 cm³/mol. The summed E-state index contributed by atoms with van der Waals surface area (Å²) in [7, 11) is 3.20. The van der Waals surface area contributed by atoms with Crippen LogP contribution in [-0.2, 0) is 16.0 Å². The number of rotatable bonds is 4. The van der Waals surface area contributed by atoms with Gasteiger partial charge < -0.3 is 19.5 Å². The van der Waals surface area contributed by atoms with Crippen LogP contribution in [0.4, 0.5) is 0 Å². The lowest BCUT2D eigenvalue weighted by Crippen LogP contribution is -2.24. The van der Waals surface area contributed by atoms with Gasteiger partial charge in [-0.25, -0.2) is 4.79 Å². The van der Waals surface area contributed by atoms with E-state index in [9.17, 15) is 4.79 Å². The lowest BCUT2D eigenvalue weighted by molar-refractivity contribution is -0.137. The maximum absolute atomic E-state index is 11.6. The summed E-state index contributed by atoms with van der Waals surface area (Å²) < 4.78 is 15.6. The predicted octanol–water partition coefficient (Wildman–Crippen LogP) is 1.75. The molecule has 2 rings (SSSR count). The Morgan fingerprint density at radius 2 is 2.00 bits per heavy atom. The van der Waals surface area contributed by atoms with E-state index in [1.165, 1.54) is 6.08 Å². The number of esters is 1. The molecule has 0 unspecified atom stereocenters. The fourth-order valence-corrected chi connectivity index (χ4v) is 2.24. The van der Waals surface area contributed by atoms with Crippen LogP contribution in [0.2, 0.25) is 0 Å². The van der Waals surface area contributed by atoms with Gasteiger partial charge in [0.25, 0.3) is 0 Å². The molecule has 0 atom stereocenters. The Kier molecular flexibility index (Phi) is 4.50. The molecule has 0 radical (unpaired) electrons. The van der Waals surface area contributed by atoms with Gasteiger partial charge >= 0.3 is 5.97 Å². The number of fused-ring (bicyclic) bond motifs is 1. The summed E-state index contributed by atoms with van der Waals surface area (Å²) in [6.07, 6.45) is 2.35. The zero-order valence-electron chi connectivity index (χ0n) is 12.0. The molecule has 0 fully saturated rings. The fourth-order valence-electron chi connectivity index (χ4n) is 2.24. The van der Waals surface area contributed by atoms with E-state index < -0.39 is 0 Å². The molecule has 0 bridgehead atoms. The van der Waals surface area contributed by atoms with E-state index in [0.29, 0.717) is 18.1 Å². The van der Waals surface area contributed by atoms with Crippen molar-refractivity contribution in [2.45, 2.75) is 13.3 Å². The zero-order valence-corrected chi connectivity index (χ0v) is 12.0. The Morgan fingerprint density at radius 3 is 2.65 bits per heavy atom. The SMILES string of the molecule is CCOC(=O)C=C1NCCc2cc(OC)c(OC)cc21. The monoisotopic (exact) mass is 277 g/mol. The lowest BCUT2D eigenvalue weighted by atomic mass is 9.97. The lowest BCUT2D eigenvalue weighted by Gasteiger charge is -2.22. The van der Waals surface area contributed by atoms with Gasteiger partial charge in [-0.3, -0.25) is 0 Å². The number of hydrogen-bond acceptors (Lipinski definition) is 5. The summed E-state index contributed by atoms with van der Waals surface area (Å²) in [5.74, 6) is 0.992. The Morgan fingerprint density at radius 1 is 1.30 bits per heavy atom. The summed E-state index contributed by atoms with van der Waals surface area (Å²) in [5.41, 5.74) is 2.82. The molecule has 0 amide bonds. The molecule has 1 aliphatic rings. The molecule has 5 heteroatoms. The van der Waals surface area contributed by atoms with Crippen molar-refractivity contribution in [2.75, 3.05) is 27.4 Å². The molecule has 20 heavy (non-hydrogen) atoms. The third-order valence-electron chi connectivity index (χ3n) is 3.16. The van der Waals surface area contributed by atoms with Gasteiger partial charge in [0, 0.05) is 23.9 Å². The molecule has 108 valence electrons. The van der Waals surface area contributed by atoms with Crippen LogP contribution in [-0.4, -0.2) is 33.3 Å². The maximum atomic E-state index is 11.6. The average Bonchev–Trinajstić information content (AvgIpc) is 2.46. The van der Waals surface area contributed by atoms with Crippen LogP contribution in [0.25, 0.3) is 5.70 Å². The van der Waals surface area contributed by atoms with Gasteiger partial charge in [0.05, 0.1) is 20.8 Å². The highest BCUT2D eigenvalue weighted by Gasteiger charge is 2.18. The first kappa shape index (κ1) is 14.2. The quantitative estimate of drug-likeness (QED) is 0.671. The van der Waals surface area contributed by atoms with Crippen molar-refractivity contribution in [3.05, 3.63) is 29.3 Å². The molecule has 1 aromatic carbocycles. The van der Waals surface area contributed by atoms with Gasteiger partial charge in [0.1, 0.15) is 0 Å². The van der Waals surface area contributed by atoms with E-state index >= 15 is 0 Å². The largest absolute Gasteiger partial charge is 0.493 e. The normalized spacial score (nSPS) is 15.2. The molecule has 1 heterocycles.